The van der Waals surface area contributed by atoms with E-state index in [1.807, 2.05) is 13.0 Å². The molecule has 0 aliphatic rings. The molecule has 1 aromatic rings. The third-order valence-electron chi connectivity index (χ3n) is 1.88. The maximum absolute atomic E-state index is 10.6. The second-order valence-corrected chi connectivity index (χ2v) is 3.25. The molecule has 0 heterocycles. The molecule has 0 fully saturated rings. The van der Waals surface area contributed by atoms with Crippen LogP contribution in [0.15, 0.2) is 24.3 Å². The second kappa shape index (κ2) is 5.40. The first-order chi connectivity index (χ1) is 6.77. The van der Waals surface area contributed by atoms with Gasteiger partial charge in [0.25, 0.3) is 0 Å². The molecule has 0 saturated heterocycles. The van der Waals surface area contributed by atoms with Gasteiger partial charge in [0.05, 0.1) is 12.2 Å². The van der Waals surface area contributed by atoms with Gasteiger partial charge in [0.15, 0.2) is 6.29 Å². The Bertz CT molecular complexity index is 296. The highest BCUT2D eigenvalue weighted by molar-refractivity contribution is 5.79. The topological polar surface area (TPSA) is 46.5 Å². The molecule has 0 radical (unpaired) electrons. The van der Waals surface area contributed by atoms with Crippen LogP contribution in [0.5, 0.6) is 5.75 Å². The first-order valence-electron chi connectivity index (χ1n) is 4.55. The van der Waals surface area contributed by atoms with Crippen LogP contribution in [0.1, 0.15) is 17.3 Å². The molecule has 3 nitrogen and oxygen atoms in total. The first kappa shape index (κ1) is 10.7. The van der Waals surface area contributed by atoms with Crippen LogP contribution in [0.2, 0.25) is 0 Å². The summed E-state index contributed by atoms with van der Waals surface area (Å²) in [5, 5.41) is 8.79. The standard InChI is InChI=1S/C11H14O3/c1-9(6-12)8-14-11-5-3-2-4-10(11)7-13/h2-5,7,9,12H,6,8H2,1H3. The van der Waals surface area contributed by atoms with Gasteiger partial charge in [0.2, 0.25) is 0 Å². The molecule has 14 heavy (non-hydrogen) atoms. The zero-order valence-corrected chi connectivity index (χ0v) is 8.14. The Morgan fingerprint density at radius 1 is 1.50 bits per heavy atom. The van der Waals surface area contributed by atoms with Crippen LogP contribution in [0, 0.1) is 5.92 Å². The molecule has 76 valence electrons. The summed E-state index contributed by atoms with van der Waals surface area (Å²) in [5.74, 6) is 0.650. The number of ether oxygens (including phenoxy) is 1. The van der Waals surface area contributed by atoms with E-state index in [1.54, 1.807) is 18.2 Å². The van der Waals surface area contributed by atoms with Gasteiger partial charge in [-0.05, 0) is 12.1 Å². The third kappa shape index (κ3) is 2.85. The lowest BCUT2D eigenvalue weighted by molar-refractivity contribution is 0.111. The largest absolute Gasteiger partial charge is 0.492 e. The predicted octanol–water partition coefficient (Wildman–Crippen LogP) is 1.51. The average Bonchev–Trinajstić information content (AvgIpc) is 2.26. The Hall–Kier alpha value is -1.35. The molecule has 0 bridgehead atoms. The maximum Gasteiger partial charge on any atom is 0.153 e. The van der Waals surface area contributed by atoms with Crippen LogP contribution in [-0.2, 0) is 0 Å². The number of aldehydes is 1. The Morgan fingerprint density at radius 2 is 2.21 bits per heavy atom. The molecule has 3 heteroatoms. The summed E-state index contributed by atoms with van der Waals surface area (Å²) < 4.78 is 5.39. The highest BCUT2D eigenvalue weighted by Crippen LogP contribution is 2.16. The van der Waals surface area contributed by atoms with E-state index in [9.17, 15) is 4.79 Å². The van der Waals surface area contributed by atoms with Crippen LogP contribution < -0.4 is 4.74 Å². The van der Waals surface area contributed by atoms with Gasteiger partial charge in [-0.2, -0.15) is 0 Å². The molecule has 1 rings (SSSR count). The Morgan fingerprint density at radius 3 is 2.86 bits per heavy atom. The number of aliphatic hydroxyl groups is 1. The van der Waals surface area contributed by atoms with E-state index in [-0.39, 0.29) is 12.5 Å². The lowest BCUT2D eigenvalue weighted by atomic mass is 10.2. The molecular formula is C11H14O3. The number of aliphatic hydroxyl groups excluding tert-OH is 1. The minimum Gasteiger partial charge on any atom is -0.492 e. The van der Waals surface area contributed by atoms with Crippen molar-refractivity contribution in [3.05, 3.63) is 29.8 Å². The van der Waals surface area contributed by atoms with Crippen LogP contribution in [-0.4, -0.2) is 24.6 Å². The second-order valence-electron chi connectivity index (χ2n) is 3.25. The fourth-order valence-electron chi connectivity index (χ4n) is 0.994. The van der Waals surface area contributed by atoms with E-state index in [4.69, 9.17) is 9.84 Å². The highest BCUT2D eigenvalue weighted by atomic mass is 16.5. The summed E-state index contributed by atoms with van der Waals surface area (Å²) in [5.41, 5.74) is 0.539. The molecule has 0 aromatic heterocycles. The summed E-state index contributed by atoms with van der Waals surface area (Å²) in [6.07, 6.45) is 0.763. The zero-order chi connectivity index (χ0) is 10.4. The molecular weight excluding hydrogens is 180 g/mol. The lowest BCUT2D eigenvalue weighted by Crippen LogP contribution is -2.12. The van der Waals surface area contributed by atoms with Gasteiger partial charge in [-0.3, -0.25) is 4.79 Å². The SMILES string of the molecule is CC(CO)COc1ccccc1C=O. The van der Waals surface area contributed by atoms with Crippen molar-refractivity contribution in [2.75, 3.05) is 13.2 Å². The lowest BCUT2D eigenvalue weighted by Gasteiger charge is -2.11. The molecule has 1 aromatic carbocycles. The summed E-state index contributed by atoms with van der Waals surface area (Å²) in [4.78, 5) is 10.6. The number of hydrogen-bond acceptors (Lipinski definition) is 3. The third-order valence-corrected chi connectivity index (χ3v) is 1.88. The number of hydrogen-bond donors (Lipinski definition) is 1. The van der Waals surface area contributed by atoms with Gasteiger partial charge in [-0.25, -0.2) is 0 Å². The minimum atomic E-state index is 0.0784. The van der Waals surface area contributed by atoms with Crippen LogP contribution in [0.3, 0.4) is 0 Å². The molecule has 0 aliphatic heterocycles. The Kier molecular flexibility index (Phi) is 4.13. The molecule has 0 amide bonds. The van der Waals surface area contributed by atoms with E-state index in [1.165, 1.54) is 0 Å². The van der Waals surface area contributed by atoms with Crippen LogP contribution >= 0.6 is 0 Å². The van der Waals surface area contributed by atoms with Crippen molar-refractivity contribution in [2.24, 2.45) is 5.92 Å². The number of benzene rings is 1. The van der Waals surface area contributed by atoms with Gasteiger partial charge in [0.1, 0.15) is 5.75 Å². The quantitative estimate of drug-likeness (QED) is 0.722. The monoisotopic (exact) mass is 194 g/mol. The van der Waals surface area contributed by atoms with Crippen molar-refractivity contribution in [1.29, 1.82) is 0 Å². The summed E-state index contributed by atoms with van der Waals surface area (Å²) >= 11 is 0. The highest BCUT2D eigenvalue weighted by Gasteiger charge is 2.04. The number of rotatable bonds is 5. The molecule has 1 N–H and O–H groups in total. The van der Waals surface area contributed by atoms with Crippen molar-refractivity contribution in [1.82, 2.24) is 0 Å². The van der Waals surface area contributed by atoms with E-state index in [2.05, 4.69) is 0 Å². The fraction of sp³-hybridized carbons (Fsp3) is 0.364. The van der Waals surface area contributed by atoms with E-state index < -0.39 is 0 Å². The van der Waals surface area contributed by atoms with Crippen molar-refractivity contribution >= 4 is 6.29 Å². The normalized spacial score (nSPS) is 12.1. The average molecular weight is 194 g/mol. The molecule has 0 aliphatic carbocycles. The fourth-order valence-corrected chi connectivity index (χ4v) is 0.994. The number of para-hydroxylation sites is 1. The van der Waals surface area contributed by atoms with Gasteiger partial charge >= 0.3 is 0 Å². The summed E-state index contributed by atoms with van der Waals surface area (Å²) in [7, 11) is 0. The minimum absolute atomic E-state index is 0.0784. The smallest absolute Gasteiger partial charge is 0.153 e. The molecule has 0 spiro atoms. The van der Waals surface area contributed by atoms with E-state index in [0.717, 1.165) is 6.29 Å². The van der Waals surface area contributed by atoms with E-state index >= 15 is 0 Å². The molecule has 1 unspecified atom stereocenters. The van der Waals surface area contributed by atoms with Gasteiger partial charge < -0.3 is 9.84 Å². The van der Waals surface area contributed by atoms with Gasteiger partial charge in [-0.15, -0.1) is 0 Å². The zero-order valence-electron chi connectivity index (χ0n) is 8.14. The number of carbonyl (C=O) groups excluding carboxylic acids is 1. The van der Waals surface area contributed by atoms with Gasteiger partial charge in [-0.1, -0.05) is 19.1 Å². The number of carbonyl (C=O) groups is 1. The van der Waals surface area contributed by atoms with Crippen molar-refractivity contribution in [3.8, 4) is 5.75 Å². The van der Waals surface area contributed by atoms with E-state index in [0.29, 0.717) is 17.9 Å². The maximum atomic E-state index is 10.6. The van der Waals surface area contributed by atoms with Crippen molar-refractivity contribution < 1.29 is 14.6 Å². The summed E-state index contributed by atoms with van der Waals surface area (Å²) in [6, 6.07) is 7.04. The predicted molar refractivity (Wildman–Crippen MR) is 53.6 cm³/mol. The van der Waals surface area contributed by atoms with Crippen molar-refractivity contribution in [3.63, 3.8) is 0 Å². The van der Waals surface area contributed by atoms with Crippen LogP contribution in [0.4, 0.5) is 0 Å². The van der Waals surface area contributed by atoms with Crippen LogP contribution in [0.25, 0.3) is 0 Å². The first-order valence-corrected chi connectivity index (χ1v) is 4.55. The van der Waals surface area contributed by atoms with Gasteiger partial charge in [0, 0.05) is 12.5 Å². The molecule has 0 saturated carbocycles. The molecule has 1 atom stereocenters. The van der Waals surface area contributed by atoms with Crippen molar-refractivity contribution in [2.45, 2.75) is 6.92 Å². The summed E-state index contributed by atoms with van der Waals surface area (Å²) in [6.45, 7) is 2.38. The Balaban J connectivity index is 2.61. The Labute approximate surface area is 83.3 Å².